The Balaban J connectivity index is 0.00000192. The zero-order chi connectivity index (χ0) is 15.2. The molecule has 0 atom stereocenters. The minimum absolute atomic E-state index is 0. The molecule has 1 aromatic carbocycles. The van der Waals surface area contributed by atoms with Crippen molar-refractivity contribution in [2.75, 3.05) is 23.7 Å². The van der Waals surface area contributed by atoms with Crippen molar-refractivity contribution in [2.24, 2.45) is 10.7 Å². The molecule has 0 radical (unpaired) electrons. The maximum Gasteiger partial charge on any atom is 0.193 e. The zero-order valence-corrected chi connectivity index (χ0v) is 15.3. The molecule has 1 aromatic heterocycles. The fourth-order valence-electron chi connectivity index (χ4n) is 2.68. The average molecular weight is 423 g/mol. The van der Waals surface area contributed by atoms with Crippen molar-refractivity contribution in [3.05, 3.63) is 53.9 Å². The number of benzene rings is 1. The van der Waals surface area contributed by atoms with Crippen molar-refractivity contribution >= 4 is 41.3 Å². The van der Waals surface area contributed by atoms with Gasteiger partial charge < -0.3 is 16.4 Å². The second-order valence-electron chi connectivity index (χ2n) is 5.39. The molecule has 1 aliphatic rings. The number of aromatic nitrogens is 1. The summed E-state index contributed by atoms with van der Waals surface area (Å²) in [5, 5.41) is 6.43. The maximum atomic E-state index is 5.93. The Morgan fingerprint density at radius 1 is 1.09 bits per heavy atom. The van der Waals surface area contributed by atoms with Crippen LogP contribution in [0, 0.1) is 0 Å². The fraction of sp³-hybridized carbons (Fsp3) is 0.294. The van der Waals surface area contributed by atoms with Crippen LogP contribution in [0.3, 0.4) is 0 Å². The van der Waals surface area contributed by atoms with Gasteiger partial charge in [-0.1, -0.05) is 6.07 Å². The molecule has 6 heteroatoms. The van der Waals surface area contributed by atoms with Crippen LogP contribution in [0.2, 0.25) is 0 Å². The van der Waals surface area contributed by atoms with Crippen molar-refractivity contribution in [3.63, 3.8) is 0 Å². The first kappa shape index (κ1) is 17.5. The summed E-state index contributed by atoms with van der Waals surface area (Å²) in [6.07, 6.45) is 7.13. The minimum Gasteiger partial charge on any atom is -0.383 e. The predicted octanol–water partition coefficient (Wildman–Crippen LogP) is 3.03. The monoisotopic (exact) mass is 423 g/mol. The van der Waals surface area contributed by atoms with Gasteiger partial charge in [-0.3, -0.25) is 9.98 Å². The third-order valence-corrected chi connectivity index (χ3v) is 3.77. The summed E-state index contributed by atoms with van der Waals surface area (Å²) in [6, 6.07) is 10.3. The number of aryl methyl sites for hydroxylation is 2. The molecule has 0 aliphatic heterocycles. The smallest absolute Gasteiger partial charge is 0.193 e. The van der Waals surface area contributed by atoms with Gasteiger partial charge >= 0.3 is 0 Å². The van der Waals surface area contributed by atoms with Gasteiger partial charge in [-0.05, 0) is 54.7 Å². The molecule has 0 bridgehead atoms. The molecule has 0 saturated heterocycles. The van der Waals surface area contributed by atoms with Gasteiger partial charge in [0.1, 0.15) is 0 Å². The first-order chi connectivity index (χ1) is 10.8. The molecule has 2 aromatic rings. The number of halogens is 1. The van der Waals surface area contributed by atoms with Gasteiger partial charge in [-0.25, -0.2) is 0 Å². The van der Waals surface area contributed by atoms with E-state index in [-0.39, 0.29) is 24.0 Å². The Hall–Kier alpha value is -1.83. The highest BCUT2D eigenvalue weighted by molar-refractivity contribution is 14.0. The second-order valence-corrected chi connectivity index (χ2v) is 5.39. The van der Waals surface area contributed by atoms with Crippen LogP contribution in [0.15, 0.2) is 47.7 Å². The van der Waals surface area contributed by atoms with E-state index in [2.05, 4.69) is 38.8 Å². The number of nitrogens with zero attached hydrogens (tertiary/aromatic N) is 2. The molecular formula is C17H22IN5. The number of fused-ring (bicyclic) bond motifs is 1. The molecule has 0 amide bonds. The van der Waals surface area contributed by atoms with Crippen molar-refractivity contribution in [1.82, 2.24) is 4.98 Å². The quantitative estimate of drug-likeness (QED) is 0.299. The van der Waals surface area contributed by atoms with Crippen LogP contribution in [0.1, 0.15) is 17.5 Å². The molecule has 5 nitrogen and oxygen atoms in total. The summed E-state index contributed by atoms with van der Waals surface area (Å²) in [6.45, 7) is 1.35. The Kier molecular flexibility index (Phi) is 6.64. The summed E-state index contributed by atoms with van der Waals surface area (Å²) in [5.41, 5.74) is 10.9. The standard InChI is InChI=1S/C17H21N5.HI/c18-17(21-11-10-20-15-6-8-19-9-7-15)22-16-5-4-13-2-1-3-14(13)12-16;/h4-9,12H,1-3,10-11H2,(H,19,20)(H3,18,21,22);1H. The van der Waals surface area contributed by atoms with Gasteiger partial charge in [-0.15, -0.1) is 24.0 Å². The lowest BCUT2D eigenvalue weighted by Crippen LogP contribution is -2.23. The highest BCUT2D eigenvalue weighted by Crippen LogP contribution is 2.24. The first-order valence-electron chi connectivity index (χ1n) is 7.64. The van der Waals surface area contributed by atoms with Gasteiger partial charge in [0.25, 0.3) is 0 Å². The highest BCUT2D eigenvalue weighted by atomic mass is 127. The van der Waals surface area contributed by atoms with E-state index >= 15 is 0 Å². The predicted molar refractivity (Wildman–Crippen MR) is 107 cm³/mol. The molecule has 0 fully saturated rings. The van der Waals surface area contributed by atoms with Gasteiger partial charge in [-0.2, -0.15) is 0 Å². The van der Waals surface area contributed by atoms with E-state index < -0.39 is 0 Å². The van der Waals surface area contributed by atoms with Crippen LogP contribution in [-0.4, -0.2) is 24.0 Å². The summed E-state index contributed by atoms with van der Waals surface area (Å²) < 4.78 is 0. The number of anilines is 2. The van der Waals surface area contributed by atoms with E-state index in [0.29, 0.717) is 12.5 Å². The average Bonchev–Trinajstić information content (AvgIpc) is 3.00. The Morgan fingerprint density at radius 2 is 1.87 bits per heavy atom. The molecule has 3 rings (SSSR count). The molecule has 0 unspecified atom stereocenters. The number of rotatable bonds is 5. The van der Waals surface area contributed by atoms with E-state index in [1.54, 1.807) is 12.4 Å². The van der Waals surface area contributed by atoms with Gasteiger partial charge in [0.15, 0.2) is 5.96 Å². The second kappa shape index (κ2) is 8.71. The molecule has 1 aliphatic carbocycles. The van der Waals surface area contributed by atoms with E-state index in [4.69, 9.17) is 5.73 Å². The third-order valence-electron chi connectivity index (χ3n) is 3.77. The number of hydrogen-bond donors (Lipinski definition) is 3. The summed E-state index contributed by atoms with van der Waals surface area (Å²) in [4.78, 5) is 8.31. The van der Waals surface area contributed by atoms with E-state index in [1.807, 2.05) is 12.1 Å². The molecule has 0 spiro atoms. The molecule has 4 N–H and O–H groups in total. The maximum absolute atomic E-state index is 5.93. The van der Waals surface area contributed by atoms with Gasteiger partial charge in [0.2, 0.25) is 0 Å². The summed E-state index contributed by atoms with van der Waals surface area (Å²) in [5.74, 6) is 0.453. The lowest BCUT2D eigenvalue weighted by molar-refractivity contribution is 0.912. The van der Waals surface area contributed by atoms with Gasteiger partial charge in [0.05, 0.1) is 6.54 Å². The SMILES string of the molecule is I.NC(=NCCNc1ccncc1)Nc1ccc2c(c1)CCC2. The van der Waals surface area contributed by atoms with Crippen LogP contribution >= 0.6 is 24.0 Å². The normalized spacial score (nSPS) is 13.1. The summed E-state index contributed by atoms with van der Waals surface area (Å²) >= 11 is 0. The molecule has 0 saturated carbocycles. The van der Waals surface area contributed by atoms with Crippen LogP contribution in [0.4, 0.5) is 11.4 Å². The van der Waals surface area contributed by atoms with Gasteiger partial charge in [0, 0.05) is 30.3 Å². The zero-order valence-electron chi connectivity index (χ0n) is 13.0. The Labute approximate surface area is 153 Å². The lowest BCUT2D eigenvalue weighted by Gasteiger charge is -2.08. The Morgan fingerprint density at radius 3 is 2.70 bits per heavy atom. The minimum atomic E-state index is 0. The van der Waals surface area contributed by atoms with Crippen LogP contribution in [-0.2, 0) is 12.8 Å². The van der Waals surface area contributed by atoms with Crippen LogP contribution in [0.25, 0.3) is 0 Å². The van der Waals surface area contributed by atoms with E-state index in [0.717, 1.165) is 24.3 Å². The number of nitrogens with one attached hydrogen (secondary N) is 2. The van der Waals surface area contributed by atoms with Crippen molar-refractivity contribution < 1.29 is 0 Å². The number of pyridine rings is 1. The number of nitrogens with two attached hydrogens (primary N) is 1. The number of hydrogen-bond acceptors (Lipinski definition) is 3. The summed E-state index contributed by atoms with van der Waals surface area (Å²) in [7, 11) is 0. The van der Waals surface area contributed by atoms with E-state index in [1.165, 1.54) is 24.0 Å². The molecule has 1 heterocycles. The molecular weight excluding hydrogens is 401 g/mol. The fourth-order valence-corrected chi connectivity index (χ4v) is 2.68. The molecule has 23 heavy (non-hydrogen) atoms. The van der Waals surface area contributed by atoms with E-state index in [9.17, 15) is 0 Å². The largest absolute Gasteiger partial charge is 0.383 e. The number of guanidine groups is 1. The van der Waals surface area contributed by atoms with Crippen molar-refractivity contribution in [3.8, 4) is 0 Å². The lowest BCUT2D eigenvalue weighted by atomic mass is 10.1. The highest BCUT2D eigenvalue weighted by Gasteiger charge is 2.10. The van der Waals surface area contributed by atoms with Crippen molar-refractivity contribution in [2.45, 2.75) is 19.3 Å². The topological polar surface area (TPSA) is 75.3 Å². The van der Waals surface area contributed by atoms with Crippen molar-refractivity contribution in [1.29, 1.82) is 0 Å². The molecule has 122 valence electrons. The van der Waals surface area contributed by atoms with Crippen LogP contribution < -0.4 is 16.4 Å². The number of aliphatic imine (C=N–C) groups is 1. The first-order valence-corrected chi connectivity index (χ1v) is 7.64. The van der Waals surface area contributed by atoms with Crippen LogP contribution in [0.5, 0.6) is 0 Å². The Bertz CT molecular complexity index is 657. The third kappa shape index (κ3) is 5.09.